The smallest absolute Gasteiger partial charge is 0.408 e. The number of amides is 1. The Bertz CT molecular complexity index is 744. The fourth-order valence-corrected chi connectivity index (χ4v) is 3.14. The van der Waals surface area contributed by atoms with Gasteiger partial charge in [0.2, 0.25) is 0 Å². The molecule has 1 amide bonds. The number of carboxylic acid groups (broad SMARTS) is 1. The van der Waals surface area contributed by atoms with Crippen LogP contribution in [0.4, 0.5) is 18.0 Å². The van der Waals surface area contributed by atoms with Crippen molar-refractivity contribution < 1.29 is 42.1 Å². The molecule has 2 rings (SSSR count). The molecule has 1 aliphatic heterocycles. The van der Waals surface area contributed by atoms with Crippen molar-refractivity contribution >= 4 is 12.1 Å². The van der Waals surface area contributed by atoms with E-state index in [1.807, 2.05) is 0 Å². The lowest BCUT2D eigenvalue weighted by Gasteiger charge is -2.34. The number of hydrogen-bond donors (Lipinski definition) is 2. The highest BCUT2D eigenvalue weighted by molar-refractivity contribution is 5.76. The molecule has 0 bridgehead atoms. The third-order valence-corrected chi connectivity index (χ3v) is 4.47. The Morgan fingerprint density at radius 1 is 1.23 bits per heavy atom. The maximum atomic E-state index is 12.4. The standard InChI is InChI=1S/C20H26F3NO6/c1-18(2,3)30-17(27)24-19(12-28-11-15(19)16(25)26)13-5-7-14(8-6-13)29-10-4-9-20(21,22)23/h5-8,15H,4,9-12H2,1-3H3,(H,24,27)(H,25,26)/t15?,19-/m1/s1. The summed E-state index contributed by atoms with van der Waals surface area (Å²) in [6.45, 7) is 4.77. The number of aliphatic carboxylic acids is 1. The predicted octanol–water partition coefficient (Wildman–Crippen LogP) is 3.86. The van der Waals surface area contributed by atoms with Gasteiger partial charge in [0.15, 0.2) is 0 Å². The molecule has 2 N–H and O–H groups in total. The molecule has 30 heavy (non-hydrogen) atoms. The predicted molar refractivity (Wildman–Crippen MR) is 100 cm³/mol. The first kappa shape index (κ1) is 23.8. The van der Waals surface area contributed by atoms with Crippen LogP contribution >= 0.6 is 0 Å². The summed E-state index contributed by atoms with van der Waals surface area (Å²) < 4.78 is 52.6. The van der Waals surface area contributed by atoms with Gasteiger partial charge < -0.3 is 24.6 Å². The lowest BCUT2D eigenvalue weighted by atomic mass is 9.80. The van der Waals surface area contributed by atoms with Crippen LogP contribution in [0.3, 0.4) is 0 Å². The van der Waals surface area contributed by atoms with Crippen LogP contribution in [0, 0.1) is 5.92 Å². The van der Waals surface area contributed by atoms with Gasteiger partial charge in [-0.3, -0.25) is 4.79 Å². The number of nitrogens with one attached hydrogen (secondary N) is 1. The molecular formula is C20H26F3NO6. The summed E-state index contributed by atoms with van der Waals surface area (Å²) in [5, 5.41) is 12.3. The zero-order chi connectivity index (χ0) is 22.6. The third kappa shape index (κ3) is 6.51. The number of alkyl halides is 3. The van der Waals surface area contributed by atoms with Crippen molar-refractivity contribution in [2.24, 2.45) is 5.92 Å². The van der Waals surface area contributed by atoms with E-state index in [9.17, 15) is 27.9 Å². The summed E-state index contributed by atoms with van der Waals surface area (Å²) in [4.78, 5) is 24.2. The van der Waals surface area contributed by atoms with Crippen LogP contribution in [0.15, 0.2) is 24.3 Å². The van der Waals surface area contributed by atoms with E-state index < -0.39 is 41.7 Å². The average Bonchev–Trinajstić information content (AvgIpc) is 3.01. The molecule has 168 valence electrons. The van der Waals surface area contributed by atoms with E-state index in [4.69, 9.17) is 14.2 Å². The number of rotatable bonds is 7. The van der Waals surface area contributed by atoms with Gasteiger partial charge in [-0.2, -0.15) is 13.2 Å². The topological polar surface area (TPSA) is 94.1 Å². The van der Waals surface area contributed by atoms with Gasteiger partial charge in [-0.15, -0.1) is 0 Å². The number of carbonyl (C=O) groups excluding carboxylic acids is 1. The molecule has 1 aromatic carbocycles. The monoisotopic (exact) mass is 433 g/mol. The number of hydrogen-bond acceptors (Lipinski definition) is 5. The summed E-state index contributed by atoms with van der Waals surface area (Å²) in [5.74, 6) is -1.86. The number of benzene rings is 1. The largest absolute Gasteiger partial charge is 0.494 e. The minimum atomic E-state index is -4.23. The van der Waals surface area contributed by atoms with Crippen molar-refractivity contribution in [1.29, 1.82) is 0 Å². The van der Waals surface area contributed by atoms with Gasteiger partial charge in [-0.25, -0.2) is 4.79 Å². The number of halogens is 3. The second-order valence-corrected chi connectivity index (χ2v) is 8.10. The highest BCUT2D eigenvalue weighted by atomic mass is 19.4. The highest BCUT2D eigenvalue weighted by Crippen LogP contribution is 2.37. The third-order valence-electron chi connectivity index (χ3n) is 4.47. The van der Waals surface area contributed by atoms with Crippen LogP contribution in [-0.2, 0) is 19.8 Å². The van der Waals surface area contributed by atoms with Crippen molar-refractivity contribution in [3.05, 3.63) is 29.8 Å². The van der Waals surface area contributed by atoms with Gasteiger partial charge in [0.1, 0.15) is 22.8 Å². The summed E-state index contributed by atoms with van der Waals surface area (Å²) in [7, 11) is 0. The molecular weight excluding hydrogens is 407 g/mol. The molecule has 1 aliphatic rings. The molecule has 0 aromatic heterocycles. The summed E-state index contributed by atoms with van der Waals surface area (Å²) in [6, 6.07) is 6.14. The van der Waals surface area contributed by atoms with E-state index in [2.05, 4.69) is 5.32 Å². The zero-order valence-corrected chi connectivity index (χ0v) is 17.0. The van der Waals surface area contributed by atoms with Gasteiger partial charge >= 0.3 is 18.2 Å². The Balaban J connectivity index is 2.17. The number of ether oxygens (including phenoxy) is 3. The van der Waals surface area contributed by atoms with Gasteiger partial charge in [-0.05, 0) is 44.9 Å². The molecule has 0 radical (unpaired) electrons. The molecule has 10 heteroatoms. The molecule has 0 spiro atoms. The van der Waals surface area contributed by atoms with Gasteiger partial charge in [0.05, 0.1) is 19.8 Å². The molecule has 7 nitrogen and oxygen atoms in total. The second kappa shape index (κ2) is 9.11. The first-order chi connectivity index (χ1) is 13.8. The number of carboxylic acids is 1. The molecule has 2 atom stereocenters. The molecule has 1 heterocycles. The summed E-state index contributed by atoms with van der Waals surface area (Å²) >= 11 is 0. The minimum absolute atomic E-state index is 0.0744. The van der Waals surface area contributed by atoms with Crippen LogP contribution in [-0.4, -0.2) is 48.8 Å². The zero-order valence-electron chi connectivity index (χ0n) is 17.0. The van der Waals surface area contributed by atoms with E-state index in [1.165, 1.54) is 12.1 Å². The molecule has 1 saturated heterocycles. The van der Waals surface area contributed by atoms with Crippen LogP contribution in [0.25, 0.3) is 0 Å². The first-order valence-electron chi connectivity index (χ1n) is 9.44. The second-order valence-electron chi connectivity index (χ2n) is 8.10. The Hall–Kier alpha value is -2.49. The summed E-state index contributed by atoms with van der Waals surface area (Å²) in [6.07, 6.45) is -6.14. The van der Waals surface area contributed by atoms with Crippen molar-refractivity contribution in [2.45, 2.75) is 50.9 Å². The van der Waals surface area contributed by atoms with Crippen molar-refractivity contribution in [1.82, 2.24) is 5.32 Å². The lowest BCUT2D eigenvalue weighted by Crippen LogP contribution is -2.54. The van der Waals surface area contributed by atoms with Crippen LogP contribution in [0.1, 0.15) is 39.2 Å². The highest BCUT2D eigenvalue weighted by Gasteiger charge is 2.51. The Morgan fingerprint density at radius 2 is 1.87 bits per heavy atom. The maximum Gasteiger partial charge on any atom is 0.408 e. The van der Waals surface area contributed by atoms with Crippen LogP contribution < -0.4 is 10.1 Å². The SMILES string of the molecule is CC(C)(C)OC(=O)N[C@@]1(c2ccc(OCCCC(F)(F)F)cc2)COCC1C(=O)O. The van der Waals surface area contributed by atoms with E-state index in [-0.39, 0.29) is 26.2 Å². The first-order valence-corrected chi connectivity index (χ1v) is 9.44. The number of alkyl carbamates (subject to hydrolysis) is 1. The molecule has 0 saturated carbocycles. The van der Waals surface area contributed by atoms with Crippen LogP contribution in [0.5, 0.6) is 5.75 Å². The van der Waals surface area contributed by atoms with Crippen LogP contribution in [0.2, 0.25) is 0 Å². The molecule has 1 fully saturated rings. The Labute approximate surface area is 172 Å². The molecule has 0 aliphatic carbocycles. The van der Waals surface area contributed by atoms with E-state index in [0.717, 1.165) is 0 Å². The van der Waals surface area contributed by atoms with E-state index in [0.29, 0.717) is 11.3 Å². The van der Waals surface area contributed by atoms with Gasteiger partial charge in [0, 0.05) is 6.42 Å². The van der Waals surface area contributed by atoms with Crippen molar-refractivity contribution in [2.75, 3.05) is 19.8 Å². The fourth-order valence-electron chi connectivity index (χ4n) is 3.14. The lowest BCUT2D eigenvalue weighted by molar-refractivity contribution is -0.143. The molecule has 1 aromatic rings. The Morgan fingerprint density at radius 3 is 2.40 bits per heavy atom. The Kier molecular flexibility index (Phi) is 7.23. The number of carbonyl (C=O) groups is 2. The average molecular weight is 433 g/mol. The van der Waals surface area contributed by atoms with E-state index in [1.54, 1.807) is 32.9 Å². The summed E-state index contributed by atoms with van der Waals surface area (Å²) in [5.41, 5.74) is -1.68. The minimum Gasteiger partial charge on any atom is -0.494 e. The van der Waals surface area contributed by atoms with Crippen molar-refractivity contribution in [3.8, 4) is 5.75 Å². The molecule has 1 unspecified atom stereocenters. The van der Waals surface area contributed by atoms with E-state index >= 15 is 0 Å². The normalized spacial score (nSPS) is 21.9. The maximum absolute atomic E-state index is 12.4. The fraction of sp³-hybridized carbons (Fsp3) is 0.600. The van der Waals surface area contributed by atoms with Gasteiger partial charge in [0.25, 0.3) is 0 Å². The van der Waals surface area contributed by atoms with Gasteiger partial charge in [-0.1, -0.05) is 12.1 Å². The quantitative estimate of drug-likeness (QED) is 0.635. The van der Waals surface area contributed by atoms with Crippen molar-refractivity contribution in [3.63, 3.8) is 0 Å².